The molecule has 0 bridgehead atoms. The van der Waals surface area contributed by atoms with Crippen LogP contribution in [0, 0.1) is 0 Å². The third kappa shape index (κ3) is 3.67. The van der Waals surface area contributed by atoms with Gasteiger partial charge in [0.1, 0.15) is 0 Å². The maximum atomic E-state index is 6.14. The molecule has 0 saturated carbocycles. The molecular formula is C12H17Cl2N. The number of benzene rings is 1. The van der Waals surface area contributed by atoms with Gasteiger partial charge in [-0.25, -0.2) is 0 Å². The van der Waals surface area contributed by atoms with E-state index >= 15 is 0 Å². The molecule has 1 N–H and O–H groups in total. The van der Waals surface area contributed by atoms with Gasteiger partial charge in [0, 0.05) is 6.54 Å². The normalized spacial score (nSPS) is 12.8. The second kappa shape index (κ2) is 6.37. The lowest BCUT2D eigenvalue weighted by atomic mass is 10.0. The van der Waals surface area contributed by atoms with Gasteiger partial charge in [0.2, 0.25) is 0 Å². The van der Waals surface area contributed by atoms with Crippen molar-refractivity contribution in [3.8, 4) is 0 Å². The second-order valence-electron chi connectivity index (χ2n) is 3.75. The highest BCUT2D eigenvalue weighted by atomic mass is 35.5. The molecule has 15 heavy (non-hydrogen) atoms. The Hall–Kier alpha value is -0.240. The summed E-state index contributed by atoms with van der Waals surface area (Å²) in [5, 5.41) is 4.70. The van der Waals surface area contributed by atoms with Gasteiger partial charge in [0.05, 0.1) is 10.0 Å². The number of halogens is 2. The van der Waals surface area contributed by atoms with Crippen LogP contribution in [-0.2, 0) is 0 Å². The predicted molar refractivity (Wildman–Crippen MR) is 68.0 cm³/mol. The molecule has 1 atom stereocenters. The first-order valence-corrected chi connectivity index (χ1v) is 6.07. The summed E-state index contributed by atoms with van der Waals surface area (Å²) in [5.74, 6) is 0.391. The molecule has 1 aromatic rings. The largest absolute Gasteiger partial charge is 0.316 e. The van der Waals surface area contributed by atoms with E-state index in [0.717, 1.165) is 25.1 Å². The van der Waals surface area contributed by atoms with Gasteiger partial charge in [-0.05, 0) is 30.5 Å². The molecule has 0 radical (unpaired) electrons. The van der Waals surface area contributed by atoms with Crippen molar-refractivity contribution in [2.75, 3.05) is 13.1 Å². The first kappa shape index (κ1) is 12.8. The summed E-state index contributed by atoms with van der Waals surface area (Å²) in [6, 6.07) is 5.80. The fourth-order valence-electron chi connectivity index (χ4n) is 1.51. The summed E-state index contributed by atoms with van der Waals surface area (Å²) in [6.07, 6.45) is 1.15. The molecule has 84 valence electrons. The number of hydrogen-bond acceptors (Lipinski definition) is 1. The zero-order valence-corrected chi connectivity index (χ0v) is 10.7. The van der Waals surface area contributed by atoms with Crippen LogP contribution < -0.4 is 5.32 Å². The highest BCUT2D eigenvalue weighted by Crippen LogP contribution is 2.30. The number of rotatable bonds is 5. The van der Waals surface area contributed by atoms with Crippen LogP contribution in [0.3, 0.4) is 0 Å². The van der Waals surface area contributed by atoms with E-state index in [2.05, 4.69) is 19.2 Å². The van der Waals surface area contributed by atoms with Crippen LogP contribution in [0.25, 0.3) is 0 Å². The minimum absolute atomic E-state index is 0.391. The topological polar surface area (TPSA) is 12.0 Å². The molecule has 0 aliphatic carbocycles. The third-order valence-electron chi connectivity index (χ3n) is 2.39. The molecule has 0 aliphatic rings. The minimum Gasteiger partial charge on any atom is -0.316 e. The van der Waals surface area contributed by atoms with E-state index in [1.54, 1.807) is 0 Å². The van der Waals surface area contributed by atoms with Gasteiger partial charge in [-0.3, -0.25) is 0 Å². The Kier molecular flexibility index (Phi) is 5.44. The van der Waals surface area contributed by atoms with Crippen molar-refractivity contribution in [1.82, 2.24) is 5.32 Å². The summed E-state index contributed by atoms with van der Waals surface area (Å²) < 4.78 is 0. The van der Waals surface area contributed by atoms with Gasteiger partial charge in [-0.2, -0.15) is 0 Å². The van der Waals surface area contributed by atoms with E-state index in [-0.39, 0.29) is 0 Å². The van der Waals surface area contributed by atoms with Gasteiger partial charge in [0.15, 0.2) is 0 Å². The van der Waals surface area contributed by atoms with E-state index in [0.29, 0.717) is 16.0 Å². The van der Waals surface area contributed by atoms with Crippen LogP contribution in [0.5, 0.6) is 0 Å². The average molecular weight is 246 g/mol. The zero-order valence-electron chi connectivity index (χ0n) is 9.19. The predicted octanol–water partition coefficient (Wildman–Crippen LogP) is 4.10. The maximum absolute atomic E-state index is 6.14. The van der Waals surface area contributed by atoms with Crippen molar-refractivity contribution >= 4 is 23.2 Å². The quantitative estimate of drug-likeness (QED) is 0.771. The molecule has 3 heteroatoms. The van der Waals surface area contributed by atoms with E-state index < -0.39 is 0 Å². The number of hydrogen-bond donors (Lipinski definition) is 1. The molecule has 0 amide bonds. The van der Waals surface area contributed by atoms with Crippen molar-refractivity contribution in [3.05, 3.63) is 33.8 Å². The van der Waals surface area contributed by atoms with E-state index in [9.17, 15) is 0 Å². The van der Waals surface area contributed by atoms with Crippen LogP contribution in [0.4, 0.5) is 0 Å². The Morgan fingerprint density at radius 2 is 2.07 bits per heavy atom. The summed E-state index contributed by atoms with van der Waals surface area (Å²) in [5.41, 5.74) is 1.12. The van der Waals surface area contributed by atoms with Crippen molar-refractivity contribution in [2.45, 2.75) is 26.2 Å². The monoisotopic (exact) mass is 245 g/mol. The lowest BCUT2D eigenvalue weighted by molar-refractivity contribution is 0.609. The van der Waals surface area contributed by atoms with Gasteiger partial charge < -0.3 is 5.32 Å². The van der Waals surface area contributed by atoms with Crippen molar-refractivity contribution < 1.29 is 0 Å². The molecule has 1 unspecified atom stereocenters. The molecule has 1 rings (SSSR count). The Balaban J connectivity index is 2.65. The fourth-order valence-corrected chi connectivity index (χ4v) is 2.00. The highest BCUT2D eigenvalue weighted by molar-refractivity contribution is 6.42. The standard InChI is InChI=1S/C12H17Cl2N/c1-3-7-15-8-9(2)10-5-4-6-11(13)12(10)14/h4-6,9,15H,3,7-8H2,1-2H3. The first-order valence-electron chi connectivity index (χ1n) is 5.31. The van der Waals surface area contributed by atoms with Crippen LogP contribution in [0.2, 0.25) is 10.0 Å². The van der Waals surface area contributed by atoms with E-state index in [4.69, 9.17) is 23.2 Å². The molecule has 1 nitrogen and oxygen atoms in total. The van der Waals surface area contributed by atoms with Gasteiger partial charge in [0.25, 0.3) is 0 Å². The van der Waals surface area contributed by atoms with Crippen LogP contribution in [-0.4, -0.2) is 13.1 Å². The lowest BCUT2D eigenvalue weighted by Gasteiger charge is -2.14. The highest BCUT2D eigenvalue weighted by Gasteiger charge is 2.10. The van der Waals surface area contributed by atoms with Gasteiger partial charge in [-0.15, -0.1) is 0 Å². The lowest BCUT2D eigenvalue weighted by Crippen LogP contribution is -2.20. The van der Waals surface area contributed by atoms with Gasteiger partial charge in [-0.1, -0.05) is 49.2 Å². The molecule has 0 heterocycles. The number of nitrogens with one attached hydrogen (secondary N) is 1. The Morgan fingerprint density at radius 3 is 2.73 bits per heavy atom. The van der Waals surface area contributed by atoms with Gasteiger partial charge >= 0.3 is 0 Å². The first-order chi connectivity index (χ1) is 7.16. The van der Waals surface area contributed by atoms with Crippen molar-refractivity contribution in [3.63, 3.8) is 0 Å². The molecular weight excluding hydrogens is 229 g/mol. The van der Waals surface area contributed by atoms with Crippen molar-refractivity contribution in [2.24, 2.45) is 0 Å². The SMILES string of the molecule is CCCNCC(C)c1cccc(Cl)c1Cl. The third-order valence-corrected chi connectivity index (χ3v) is 3.22. The molecule has 1 aromatic carbocycles. The summed E-state index contributed by atoms with van der Waals surface area (Å²) in [4.78, 5) is 0. The van der Waals surface area contributed by atoms with Crippen LogP contribution in [0.15, 0.2) is 18.2 Å². The average Bonchev–Trinajstić information content (AvgIpc) is 2.22. The maximum Gasteiger partial charge on any atom is 0.0627 e. The minimum atomic E-state index is 0.391. The molecule has 0 aliphatic heterocycles. The Bertz CT molecular complexity index is 312. The summed E-state index contributed by atoms with van der Waals surface area (Å²) >= 11 is 12.1. The molecule has 0 spiro atoms. The van der Waals surface area contributed by atoms with E-state index in [1.165, 1.54) is 0 Å². The molecule has 0 aromatic heterocycles. The fraction of sp³-hybridized carbons (Fsp3) is 0.500. The zero-order chi connectivity index (χ0) is 11.3. The molecule has 0 fully saturated rings. The molecule has 0 saturated heterocycles. The smallest absolute Gasteiger partial charge is 0.0627 e. The second-order valence-corrected chi connectivity index (χ2v) is 4.53. The van der Waals surface area contributed by atoms with Crippen LogP contribution in [0.1, 0.15) is 31.7 Å². The van der Waals surface area contributed by atoms with E-state index in [1.807, 2.05) is 18.2 Å². The summed E-state index contributed by atoms with van der Waals surface area (Å²) in [6.45, 7) is 6.29. The Labute approximate surface area is 102 Å². The van der Waals surface area contributed by atoms with Crippen LogP contribution >= 0.6 is 23.2 Å². The van der Waals surface area contributed by atoms with Crippen molar-refractivity contribution in [1.29, 1.82) is 0 Å². The summed E-state index contributed by atoms with van der Waals surface area (Å²) in [7, 11) is 0. The Morgan fingerprint density at radius 1 is 1.33 bits per heavy atom.